The van der Waals surface area contributed by atoms with Gasteiger partial charge in [0, 0.05) is 10.6 Å². The van der Waals surface area contributed by atoms with Gasteiger partial charge >= 0.3 is 5.97 Å². The Kier molecular flexibility index (Phi) is 4.49. The van der Waals surface area contributed by atoms with Crippen LogP contribution in [0.1, 0.15) is 23.2 Å². The number of nitrogens with one attached hydrogen (secondary N) is 1. The molecule has 0 saturated carbocycles. The lowest BCUT2D eigenvalue weighted by Crippen LogP contribution is -2.13. The van der Waals surface area contributed by atoms with Crippen LogP contribution in [0.4, 0.5) is 0 Å². The molecule has 5 nitrogen and oxygen atoms in total. The van der Waals surface area contributed by atoms with Gasteiger partial charge in [-0.05, 0) is 19.4 Å². The van der Waals surface area contributed by atoms with Gasteiger partial charge < -0.3 is 10.1 Å². The van der Waals surface area contributed by atoms with Crippen LogP contribution in [-0.2, 0) is 10.5 Å². The highest BCUT2D eigenvalue weighted by Crippen LogP contribution is 2.26. The third-order valence-electron chi connectivity index (χ3n) is 3.12. The van der Waals surface area contributed by atoms with Crippen LogP contribution in [0, 0.1) is 19.8 Å². The molecule has 0 aromatic carbocycles. The number of aryl methyl sites for hydroxylation is 2. The molecule has 0 spiro atoms. The molecule has 0 radical (unpaired) electrons. The quantitative estimate of drug-likeness (QED) is 0.886. The molecule has 2 N–H and O–H groups in total. The molecule has 1 unspecified atom stereocenters. The molecule has 2 rings (SSSR count). The summed E-state index contributed by atoms with van der Waals surface area (Å²) in [5.74, 6) is 0.408. The van der Waals surface area contributed by atoms with E-state index in [9.17, 15) is 9.59 Å². The highest BCUT2D eigenvalue weighted by molar-refractivity contribution is 7.98. The topological polar surface area (TPSA) is 83.0 Å². The van der Waals surface area contributed by atoms with Gasteiger partial charge in [-0.3, -0.25) is 9.59 Å². The summed E-state index contributed by atoms with van der Waals surface area (Å²) in [4.78, 5) is 31.9. The van der Waals surface area contributed by atoms with Crippen molar-refractivity contribution in [1.82, 2.24) is 9.97 Å². The van der Waals surface area contributed by atoms with Gasteiger partial charge in [-0.25, -0.2) is 4.98 Å². The van der Waals surface area contributed by atoms with Crippen molar-refractivity contribution in [2.24, 2.45) is 5.92 Å². The van der Waals surface area contributed by atoms with Crippen molar-refractivity contribution < 1.29 is 9.90 Å². The second-order valence-electron chi connectivity index (χ2n) is 4.73. The molecule has 0 saturated heterocycles. The van der Waals surface area contributed by atoms with Crippen molar-refractivity contribution in [1.29, 1.82) is 0 Å². The number of H-pyrrole nitrogens is 1. The second kappa shape index (κ2) is 5.97. The minimum absolute atomic E-state index is 0.112. The number of hydrogen-bond acceptors (Lipinski definition) is 5. The zero-order valence-electron chi connectivity index (χ0n) is 11.5. The molecule has 0 aliphatic carbocycles. The third kappa shape index (κ3) is 3.04. The fourth-order valence-electron chi connectivity index (χ4n) is 1.77. The van der Waals surface area contributed by atoms with E-state index in [0.29, 0.717) is 22.7 Å². The summed E-state index contributed by atoms with van der Waals surface area (Å²) in [6.07, 6.45) is 0. The van der Waals surface area contributed by atoms with Crippen molar-refractivity contribution in [2.75, 3.05) is 5.75 Å². The number of aromatic nitrogens is 2. The van der Waals surface area contributed by atoms with Gasteiger partial charge in [0.05, 0.1) is 17.1 Å². The molecule has 0 bridgehead atoms. The van der Waals surface area contributed by atoms with E-state index >= 15 is 0 Å². The van der Waals surface area contributed by atoms with Gasteiger partial charge in [-0.2, -0.15) is 11.8 Å². The Morgan fingerprint density at radius 2 is 2.20 bits per heavy atom. The lowest BCUT2D eigenvalue weighted by molar-refractivity contribution is -0.140. The Bertz CT molecular complexity index is 705. The number of nitrogens with zero attached hydrogens (tertiary/aromatic N) is 1. The molecule has 2 aromatic heterocycles. The number of aliphatic carboxylic acids is 1. The molecule has 0 amide bonds. The Morgan fingerprint density at radius 3 is 2.85 bits per heavy atom. The van der Waals surface area contributed by atoms with Crippen LogP contribution in [0.3, 0.4) is 0 Å². The monoisotopic (exact) mass is 312 g/mol. The summed E-state index contributed by atoms with van der Waals surface area (Å²) in [6, 6.07) is 0. The summed E-state index contributed by atoms with van der Waals surface area (Å²) in [7, 11) is 0. The van der Waals surface area contributed by atoms with Gasteiger partial charge in [0.2, 0.25) is 0 Å². The van der Waals surface area contributed by atoms with E-state index in [4.69, 9.17) is 5.11 Å². The number of rotatable bonds is 5. The maximum Gasteiger partial charge on any atom is 0.307 e. The minimum Gasteiger partial charge on any atom is -0.481 e. The van der Waals surface area contributed by atoms with E-state index in [0.717, 1.165) is 15.3 Å². The number of thioether (sulfide) groups is 1. The Labute approximate surface area is 124 Å². The standard InChI is InChI=1S/C13H16N2O3S2/c1-6(13(17)18)4-19-5-9-14-11(16)10-7(2)8(3)20-12(10)15-9/h6H,4-5H2,1-3H3,(H,17,18)(H,14,15,16). The Hall–Kier alpha value is -1.34. The highest BCUT2D eigenvalue weighted by Gasteiger charge is 2.13. The maximum absolute atomic E-state index is 12.0. The van der Waals surface area contributed by atoms with Crippen molar-refractivity contribution in [3.63, 3.8) is 0 Å². The van der Waals surface area contributed by atoms with Gasteiger partial charge in [-0.1, -0.05) is 6.92 Å². The van der Waals surface area contributed by atoms with Crippen LogP contribution in [0.15, 0.2) is 4.79 Å². The van der Waals surface area contributed by atoms with Gasteiger partial charge in [-0.15, -0.1) is 11.3 Å². The lowest BCUT2D eigenvalue weighted by atomic mass is 10.2. The summed E-state index contributed by atoms with van der Waals surface area (Å²) >= 11 is 2.98. The van der Waals surface area contributed by atoms with Gasteiger partial charge in [0.25, 0.3) is 5.56 Å². The average Bonchev–Trinajstić information content (AvgIpc) is 2.65. The Morgan fingerprint density at radius 1 is 1.50 bits per heavy atom. The van der Waals surface area contributed by atoms with E-state index in [1.165, 1.54) is 23.1 Å². The summed E-state index contributed by atoms with van der Waals surface area (Å²) in [5.41, 5.74) is 0.871. The summed E-state index contributed by atoms with van der Waals surface area (Å²) < 4.78 is 0. The number of carbonyl (C=O) groups is 1. The predicted octanol–water partition coefficient (Wildman–Crippen LogP) is 2.56. The molecule has 0 aliphatic heterocycles. The zero-order chi connectivity index (χ0) is 14.9. The van der Waals surface area contributed by atoms with Gasteiger partial charge in [0.15, 0.2) is 0 Å². The van der Waals surface area contributed by atoms with Crippen LogP contribution in [0.25, 0.3) is 10.2 Å². The second-order valence-corrected chi connectivity index (χ2v) is 6.96. The highest BCUT2D eigenvalue weighted by atomic mass is 32.2. The van der Waals surface area contributed by atoms with Crippen molar-refractivity contribution in [2.45, 2.75) is 26.5 Å². The summed E-state index contributed by atoms with van der Waals surface area (Å²) in [5, 5.41) is 9.48. The third-order valence-corrected chi connectivity index (χ3v) is 5.43. The zero-order valence-corrected chi connectivity index (χ0v) is 13.2. The first-order valence-electron chi connectivity index (χ1n) is 6.19. The molecule has 0 fully saturated rings. The first-order valence-corrected chi connectivity index (χ1v) is 8.16. The van der Waals surface area contributed by atoms with Crippen LogP contribution >= 0.6 is 23.1 Å². The molecule has 108 valence electrons. The van der Waals surface area contributed by atoms with Crippen LogP contribution in [-0.4, -0.2) is 26.8 Å². The van der Waals surface area contributed by atoms with Crippen molar-refractivity contribution in [3.8, 4) is 0 Å². The number of hydrogen-bond donors (Lipinski definition) is 2. The van der Waals surface area contributed by atoms with Gasteiger partial charge in [0.1, 0.15) is 10.7 Å². The number of aromatic amines is 1. The maximum atomic E-state index is 12.0. The molecular formula is C13H16N2O3S2. The molecule has 2 heterocycles. The van der Waals surface area contributed by atoms with Crippen molar-refractivity contribution in [3.05, 3.63) is 26.6 Å². The van der Waals surface area contributed by atoms with Crippen molar-refractivity contribution >= 4 is 39.3 Å². The molecular weight excluding hydrogens is 296 g/mol. The smallest absolute Gasteiger partial charge is 0.307 e. The van der Waals surface area contributed by atoms with Crippen LogP contribution in [0.2, 0.25) is 0 Å². The van der Waals surface area contributed by atoms with Crippen LogP contribution in [0.5, 0.6) is 0 Å². The number of carboxylic acids is 1. The molecule has 20 heavy (non-hydrogen) atoms. The van der Waals surface area contributed by atoms with E-state index in [-0.39, 0.29) is 5.56 Å². The first-order chi connectivity index (χ1) is 9.40. The average molecular weight is 312 g/mol. The molecule has 7 heteroatoms. The fraction of sp³-hybridized carbons (Fsp3) is 0.462. The molecule has 0 aliphatic rings. The SMILES string of the molecule is Cc1sc2nc(CSCC(C)C(=O)O)[nH]c(=O)c2c1C. The Balaban J connectivity index is 2.16. The van der Waals surface area contributed by atoms with Crippen LogP contribution < -0.4 is 5.56 Å². The van der Waals surface area contributed by atoms with E-state index in [1.54, 1.807) is 6.92 Å². The normalized spacial score (nSPS) is 12.8. The lowest BCUT2D eigenvalue weighted by Gasteiger charge is -2.05. The predicted molar refractivity (Wildman–Crippen MR) is 82.7 cm³/mol. The molecule has 1 atom stereocenters. The van der Waals surface area contributed by atoms with E-state index < -0.39 is 11.9 Å². The minimum atomic E-state index is -0.807. The first kappa shape index (κ1) is 15.1. The number of fused-ring (bicyclic) bond motifs is 1. The summed E-state index contributed by atoms with van der Waals surface area (Å²) in [6.45, 7) is 5.57. The number of thiophene rings is 1. The number of carboxylic acid groups (broad SMARTS) is 1. The van der Waals surface area contributed by atoms with E-state index in [2.05, 4.69) is 9.97 Å². The van der Waals surface area contributed by atoms with E-state index in [1.807, 2.05) is 13.8 Å². The largest absolute Gasteiger partial charge is 0.481 e. The molecule has 2 aromatic rings. The fourth-order valence-corrected chi connectivity index (χ4v) is 3.76.